The summed E-state index contributed by atoms with van der Waals surface area (Å²) in [6.07, 6.45) is 0.142. The standard InChI is InChI=1S/C14H11ClFNO2S/c15-13-6-5-12(20-13)11(18)4-7-14(19)17-10-3-1-2-9(16)8-10/h1-3,5-6,8H,4,7H2,(H,17,19). The number of anilines is 1. The number of nitrogens with one attached hydrogen (secondary N) is 1. The molecule has 3 nitrogen and oxygen atoms in total. The zero-order chi connectivity index (χ0) is 14.5. The largest absolute Gasteiger partial charge is 0.326 e. The Balaban J connectivity index is 1.85. The van der Waals surface area contributed by atoms with Crippen LogP contribution in [0, 0.1) is 5.82 Å². The molecule has 0 spiro atoms. The van der Waals surface area contributed by atoms with E-state index < -0.39 is 5.82 Å². The molecule has 1 aromatic heterocycles. The van der Waals surface area contributed by atoms with Crippen molar-refractivity contribution in [3.05, 3.63) is 51.4 Å². The van der Waals surface area contributed by atoms with Crippen molar-refractivity contribution in [1.29, 1.82) is 0 Å². The second kappa shape index (κ2) is 6.63. The second-order valence-electron chi connectivity index (χ2n) is 4.09. The predicted octanol–water partition coefficient (Wildman–Crippen LogP) is 4.14. The lowest BCUT2D eigenvalue weighted by molar-refractivity contribution is -0.116. The molecular formula is C14H11ClFNO2S. The van der Waals surface area contributed by atoms with Crippen LogP contribution in [0.3, 0.4) is 0 Å². The molecule has 0 radical (unpaired) electrons. The number of benzene rings is 1. The molecule has 0 fully saturated rings. The van der Waals surface area contributed by atoms with Crippen LogP contribution in [-0.4, -0.2) is 11.7 Å². The highest BCUT2D eigenvalue weighted by molar-refractivity contribution is 7.18. The number of carbonyl (C=O) groups excluding carboxylic acids is 2. The normalized spacial score (nSPS) is 10.3. The van der Waals surface area contributed by atoms with E-state index in [1.54, 1.807) is 18.2 Å². The smallest absolute Gasteiger partial charge is 0.224 e. The Labute approximate surface area is 124 Å². The molecule has 2 rings (SSSR count). The monoisotopic (exact) mass is 311 g/mol. The van der Waals surface area contributed by atoms with E-state index in [2.05, 4.69) is 5.32 Å². The number of hydrogen-bond donors (Lipinski definition) is 1. The molecule has 1 aromatic carbocycles. The van der Waals surface area contributed by atoms with E-state index in [9.17, 15) is 14.0 Å². The van der Waals surface area contributed by atoms with E-state index in [1.807, 2.05) is 0 Å². The summed E-state index contributed by atoms with van der Waals surface area (Å²) in [6, 6.07) is 8.89. The van der Waals surface area contributed by atoms with Gasteiger partial charge in [-0.2, -0.15) is 0 Å². The number of thiophene rings is 1. The maximum absolute atomic E-state index is 12.9. The van der Waals surface area contributed by atoms with E-state index >= 15 is 0 Å². The molecule has 1 heterocycles. The van der Waals surface area contributed by atoms with Crippen LogP contribution in [0.15, 0.2) is 36.4 Å². The van der Waals surface area contributed by atoms with Crippen molar-refractivity contribution < 1.29 is 14.0 Å². The number of amides is 1. The first-order valence-corrected chi connectivity index (χ1v) is 7.08. The van der Waals surface area contributed by atoms with Gasteiger partial charge in [-0.25, -0.2) is 4.39 Å². The third-order valence-electron chi connectivity index (χ3n) is 2.54. The lowest BCUT2D eigenvalue weighted by Gasteiger charge is -2.04. The van der Waals surface area contributed by atoms with Crippen molar-refractivity contribution in [2.75, 3.05) is 5.32 Å². The Hall–Kier alpha value is -1.72. The maximum atomic E-state index is 12.9. The molecule has 1 N–H and O–H groups in total. The molecule has 0 aliphatic carbocycles. The summed E-state index contributed by atoms with van der Waals surface area (Å²) in [6.45, 7) is 0. The molecule has 0 bridgehead atoms. The van der Waals surface area contributed by atoms with Crippen LogP contribution in [0.4, 0.5) is 10.1 Å². The van der Waals surface area contributed by atoms with Gasteiger partial charge in [0.1, 0.15) is 5.82 Å². The van der Waals surface area contributed by atoms with Crippen LogP contribution in [0.2, 0.25) is 4.34 Å². The van der Waals surface area contributed by atoms with Crippen molar-refractivity contribution in [2.45, 2.75) is 12.8 Å². The summed E-state index contributed by atoms with van der Waals surface area (Å²) in [7, 11) is 0. The highest BCUT2D eigenvalue weighted by Gasteiger charge is 2.11. The number of ketones is 1. The fourth-order valence-electron chi connectivity index (χ4n) is 1.60. The number of halogens is 2. The van der Waals surface area contributed by atoms with Gasteiger partial charge in [0.25, 0.3) is 0 Å². The second-order valence-corrected chi connectivity index (χ2v) is 5.80. The van der Waals surface area contributed by atoms with Crippen LogP contribution in [-0.2, 0) is 4.79 Å². The van der Waals surface area contributed by atoms with E-state index in [-0.39, 0.29) is 24.5 Å². The van der Waals surface area contributed by atoms with E-state index in [1.165, 1.54) is 29.5 Å². The number of rotatable bonds is 5. The van der Waals surface area contributed by atoms with Gasteiger partial charge >= 0.3 is 0 Å². The minimum atomic E-state index is -0.424. The summed E-state index contributed by atoms with van der Waals surface area (Å²) in [4.78, 5) is 24.0. The Bertz CT molecular complexity index is 642. The molecule has 6 heteroatoms. The van der Waals surface area contributed by atoms with Gasteiger partial charge in [0.15, 0.2) is 5.78 Å². The van der Waals surface area contributed by atoms with Crippen molar-refractivity contribution in [1.82, 2.24) is 0 Å². The summed E-state index contributed by atoms with van der Waals surface area (Å²) < 4.78 is 13.5. The Kier molecular flexibility index (Phi) is 4.87. The predicted molar refractivity (Wildman–Crippen MR) is 77.9 cm³/mol. The highest BCUT2D eigenvalue weighted by atomic mass is 35.5. The molecule has 2 aromatic rings. The van der Waals surface area contributed by atoms with Crippen molar-refractivity contribution in [3.63, 3.8) is 0 Å². The number of Topliss-reactive ketones (excluding diaryl/α,β-unsaturated/α-hetero) is 1. The van der Waals surface area contributed by atoms with Gasteiger partial charge in [0.05, 0.1) is 9.21 Å². The molecule has 0 unspecified atom stereocenters. The molecule has 0 saturated carbocycles. The van der Waals surface area contributed by atoms with Crippen molar-refractivity contribution in [2.24, 2.45) is 0 Å². The summed E-state index contributed by atoms with van der Waals surface area (Å²) >= 11 is 6.93. The maximum Gasteiger partial charge on any atom is 0.224 e. The van der Waals surface area contributed by atoms with Gasteiger partial charge in [-0.05, 0) is 30.3 Å². The van der Waals surface area contributed by atoms with Crippen LogP contribution in [0.5, 0.6) is 0 Å². The average molecular weight is 312 g/mol. The molecule has 0 aliphatic rings. The van der Waals surface area contributed by atoms with Crippen LogP contribution >= 0.6 is 22.9 Å². The Morgan fingerprint density at radius 2 is 2.00 bits per heavy atom. The third-order valence-corrected chi connectivity index (χ3v) is 3.81. The topological polar surface area (TPSA) is 46.2 Å². The number of hydrogen-bond acceptors (Lipinski definition) is 3. The fraction of sp³-hybridized carbons (Fsp3) is 0.143. The average Bonchev–Trinajstić information content (AvgIpc) is 2.83. The molecule has 0 atom stereocenters. The van der Waals surface area contributed by atoms with E-state index in [0.717, 1.165) is 0 Å². The zero-order valence-corrected chi connectivity index (χ0v) is 11.9. The fourth-order valence-corrected chi connectivity index (χ4v) is 2.61. The zero-order valence-electron chi connectivity index (χ0n) is 10.4. The molecule has 1 amide bonds. The Morgan fingerprint density at radius 3 is 2.65 bits per heavy atom. The van der Waals surface area contributed by atoms with Gasteiger partial charge in [0, 0.05) is 18.5 Å². The summed E-state index contributed by atoms with van der Waals surface area (Å²) in [5.41, 5.74) is 0.376. The molecule has 0 aliphatic heterocycles. The first kappa shape index (κ1) is 14.7. The Morgan fingerprint density at radius 1 is 1.20 bits per heavy atom. The van der Waals surface area contributed by atoms with E-state index in [0.29, 0.717) is 14.9 Å². The molecule has 104 valence electrons. The third kappa shape index (κ3) is 4.15. The van der Waals surface area contributed by atoms with E-state index in [4.69, 9.17) is 11.6 Å². The number of carbonyl (C=O) groups is 2. The minimum absolute atomic E-state index is 0.0465. The van der Waals surface area contributed by atoms with Crippen molar-refractivity contribution >= 4 is 40.3 Å². The van der Waals surface area contributed by atoms with Gasteiger partial charge in [-0.3, -0.25) is 9.59 Å². The van der Waals surface area contributed by atoms with Gasteiger partial charge in [-0.1, -0.05) is 17.7 Å². The van der Waals surface area contributed by atoms with Crippen LogP contribution in [0.25, 0.3) is 0 Å². The van der Waals surface area contributed by atoms with Gasteiger partial charge < -0.3 is 5.32 Å². The first-order valence-electron chi connectivity index (χ1n) is 5.88. The summed E-state index contributed by atoms with van der Waals surface area (Å²) in [5.74, 6) is -0.880. The molecule has 20 heavy (non-hydrogen) atoms. The van der Waals surface area contributed by atoms with Gasteiger partial charge in [-0.15, -0.1) is 11.3 Å². The van der Waals surface area contributed by atoms with Gasteiger partial charge in [0.2, 0.25) is 5.91 Å². The lowest BCUT2D eigenvalue weighted by atomic mass is 10.2. The van der Waals surface area contributed by atoms with Crippen molar-refractivity contribution in [3.8, 4) is 0 Å². The molecule has 0 saturated heterocycles. The molecular weight excluding hydrogens is 301 g/mol. The summed E-state index contributed by atoms with van der Waals surface area (Å²) in [5, 5.41) is 2.54. The lowest BCUT2D eigenvalue weighted by Crippen LogP contribution is -2.13. The SMILES string of the molecule is O=C(CCC(=O)c1ccc(Cl)s1)Nc1cccc(F)c1. The van der Waals surface area contributed by atoms with Crippen LogP contribution in [0.1, 0.15) is 22.5 Å². The minimum Gasteiger partial charge on any atom is -0.326 e. The van der Waals surface area contributed by atoms with Crippen LogP contribution < -0.4 is 5.32 Å². The first-order chi connectivity index (χ1) is 9.54. The highest BCUT2D eigenvalue weighted by Crippen LogP contribution is 2.23. The quantitative estimate of drug-likeness (QED) is 0.843.